The third kappa shape index (κ3) is 4.70. The molecular weight excluding hydrogens is 330 g/mol. The highest BCUT2D eigenvalue weighted by Gasteiger charge is 2.21. The van der Waals surface area contributed by atoms with Gasteiger partial charge in [-0.3, -0.25) is 4.79 Å². The molecule has 0 bridgehead atoms. The topological polar surface area (TPSA) is 75.6 Å². The molecule has 26 heavy (non-hydrogen) atoms. The second-order valence-corrected chi connectivity index (χ2v) is 6.38. The number of rotatable bonds is 8. The third-order valence-electron chi connectivity index (χ3n) is 4.24. The van der Waals surface area contributed by atoms with Gasteiger partial charge in [-0.25, -0.2) is 4.79 Å². The zero-order chi connectivity index (χ0) is 19.1. The van der Waals surface area contributed by atoms with E-state index < -0.39 is 5.97 Å². The quantitative estimate of drug-likeness (QED) is 0.754. The molecule has 2 aromatic rings. The number of carbonyl (C=O) groups excluding carboxylic acids is 1. The fourth-order valence-electron chi connectivity index (χ4n) is 2.71. The van der Waals surface area contributed by atoms with Gasteiger partial charge in [0.15, 0.2) is 0 Å². The molecule has 0 spiro atoms. The lowest BCUT2D eigenvalue weighted by molar-refractivity contribution is 0.0697. The van der Waals surface area contributed by atoms with Crippen molar-refractivity contribution in [3.63, 3.8) is 0 Å². The van der Waals surface area contributed by atoms with Gasteiger partial charge in [-0.05, 0) is 36.1 Å². The highest BCUT2D eigenvalue weighted by atomic mass is 16.5. The van der Waals surface area contributed by atoms with Crippen molar-refractivity contribution in [2.24, 2.45) is 5.92 Å². The molecule has 2 N–H and O–H groups in total. The molecule has 0 heterocycles. The summed E-state index contributed by atoms with van der Waals surface area (Å²) in [6.45, 7) is 6.98. The molecule has 1 unspecified atom stereocenters. The minimum atomic E-state index is -1.02. The molecule has 0 aliphatic heterocycles. The lowest BCUT2D eigenvalue weighted by Crippen LogP contribution is -2.42. The molecule has 0 aliphatic carbocycles. The van der Waals surface area contributed by atoms with Gasteiger partial charge in [0.2, 0.25) is 0 Å². The lowest BCUT2D eigenvalue weighted by atomic mass is 9.94. The van der Waals surface area contributed by atoms with Crippen LogP contribution in [0.5, 0.6) is 0 Å². The molecule has 0 radical (unpaired) electrons. The number of benzene rings is 2. The number of carbonyl (C=O) groups is 2. The van der Waals surface area contributed by atoms with Crippen LogP contribution in [0.15, 0.2) is 48.5 Å². The number of carboxylic acids is 1. The van der Waals surface area contributed by atoms with E-state index in [1.807, 2.05) is 20.8 Å². The fourth-order valence-corrected chi connectivity index (χ4v) is 2.71. The summed E-state index contributed by atoms with van der Waals surface area (Å²) < 4.78 is 5.47. The monoisotopic (exact) mass is 355 g/mol. The average Bonchev–Trinajstić information content (AvgIpc) is 2.64. The summed E-state index contributed by atoms with van der Waals surface area (Å²) in [5, 5.41) is 12.5. The molecule has 5 heteroatoms. The van der Waals surface area contributed by atoms with Gasteiger partial charge in [0.05, 0.1) is 18.2 Å². The van der Waals surface area contributed by atoms with E-state index in [-0.39, 0.29) is 23.4 Å². The number of ether oxygens (including phenoxy) is 1. The van der Waals surface area contributed by atoms with E-state index in [9.17, 15) is 14.7 Å². The number of aromatic carboxylic acids is 1. The highest BCUT2D eigenvalue weighted by molar-refractivity contribution is 6.04. The van der Waals surface area contributed by atoms with Crippen molar-refractivity contribution in [1.29, 1.82) is 0 Å². The molecule has 2 aromatic carbocycles. The molecule has 0 fully saturated rings. The van der Waals surface area contributed by atoms with Crippen LogP contribution in [0.4, 0.5) is 0 Å². The van der Waals surface area contributed by atoms with Crippen LogP contribution in [0.1, 0.15) is 41.5 Å². The molecular formula is C21H25NO4. The summed E-state index contributed by atoms with van der Waals surface area (Å²) in [4.78, 5) is 24.4. The normalized spacial score (nSPS) is 12.0. The zero-order valence-electron chi connectivity index (χ0n) is 15.4. The van der Waals surface area contributed by atoms with Gasteiger partial charge in [-0.2, -0.15) is 0 Å². The van der Waals surface area contributed by atoms with Crippen molar-refractivity contribution in [1.82, 2.24) is 5.32 Å². The van der Waals surface area contributed by atoms with E-state index in [0.717, 1.165) is 0 Å². The van der Waals surface area contributed by atoms with Gasteiger partial charge in [-0.15, -0.1) is 0 Å². The molecule has 0 aromatic heterocycles. The van der Waals surface area contributed by atoms with Crippen LogP contribution < -0.4 is 5.32 Å². The van der Waals surface area contributed by atoms with Gasteiger partial charge >= 0.3 is 5.97 Å². The fraction of sp³-hybridized carbons (Fsp3) is 0.333. The molecule has 0 saturated carbocycles. The predicted octanol–water partition coefficient (Wildman–Crippen LogP) is 3.84. The Labute approximate surface area is 154 Å². The number of hydrogen-bond acceptors (Lipinski definition) is 3. The molecule has 0 aliphatic rings. The number of amides is 1. The molecule has 1 atom stereocenters. The Morgan fingerprint density at radius 3 is 2.08 bits per heavy atom. The first-order valence-electron chi connectivity index (χ1n) is 8.76. The van der Waals surface area contributed by atoms with Crippen molar-refractivity contribution in [3.8, 4) is 11.1 Å². The summed E-state index contributed by atoms with van der Waals surface area (Å²) in [5.41, 5.74) is 1.74. The standard InChI is InChI=1S/C21H25NO4/c1-4-26-13-19(14(2)3)22-20(23)17-11-7-5-9-15(17)16-10-6-8-12-18(16)21(24)25/h5-12,14,19H,4,13H2,1-3H3,(H,22,23)(H,24,25). The maximum Gasteiger partial charge on any atom is 0.336 e. The van der Waals surface area contributed by atoms with Crippen molar-refractivity contribution in [3.05, 3.63) is 59.7 Å². The maximum absolute atomic E-state index is 12.9. The zero-order valence-corrected chi connectivity index (χ0v) is 15.4. The average molecular weight is 355 g/mol. The summed E-state index contributed by atoms with van der Waals surface area (Å²) in [6, 6.07) is 13.6. The lowest BCUT2D eigenvalue weighted by Gasteiger charge is -2.23. The predicted molar refractivity (Wildman–Crippen MR) is 101 cm³/mol. The van der Waals surface area contributed by atoms with Gasteiger partial charge < -0.3 is 15.2 Å². The Balaban J connectivity index is 2.37. The van der Waals surface area contributed by atoms with E-state index in [0.29, 0.717) is 29.9 Å². The number of nitrogens with one attached hydrogen (secondary N) is 1. The van der Waals surface area contributed by atoms with Crippen LogP contribution >= 0.6 is 0 Å². The highest BCUT2D eigenvalue weighted by Crippen LogP contribution is 2.27. The third-order valence-corrected chi connectivity index (χ3v) is 4.24. The Bertz CT molecular complexity index is 770. The Kier molecular flexibility index (Phi) is 6.92. The van der Waals surface area contributed by atoms with E-state index in [1.54, 1.807) is 48.5 Å². The molecule has 0 saturated heterocycles. The van der Waals surface area contributed by atoms with Crippen molar-refractivity contribution in [2.45, 2.75) is 26.8 Å². The van der Waals surface area contributed by atoms with Gasteiger partial charge in [-0.1, -0.05) is 50.2 Å². The Hall–Kier alpha value is -2.66. The second-order valence-electron chi connectivity index (χ2n) is 6.38. The largest absolute Gasteiger partial charge is 0.478 e. The summed E-state index contributed by atoms with van der Waals surface area (Å²) in [5.74, 6) is -1.05. The van der Waals surface area contributed by atoms with E-state index in [4.69, 9.17) is 4.74 Å². The molecule has 138 valence electrons. The van der Waals surface area contributed by atoms with E-state index in [2.05, 4.69) is 5.32 Å². The summed E-state index contributed by atoms with van der Waals surface area (Å²) in [7, 11) is 0. The van der Waals surface area contributed by atoms with E-state index >= 15 is 0 Å². The minimum Gasteiger partial charge on any atom is -0.478 e. The minimum absolute atomic E-state index is 0.120. The van der Waals surface area contributed by atoms with Crippen LogP contribution in [0.25, 0.3) is 11.1 Å². The van der Waals surface area contributed by atoms with E-state index in [1.165, 1.54) is 0 Å². The molecule has 5 nitrogen and oxygen atoms in total. The Morgan fingerprint density at radius 1 is 1.00 bits per heavy atom. The summed E-state index contributed by atoms with van der Waals surface area (Å²) >= 11 is 0. The maximum atomic E-state index is 12.9. The molecule has 1 amide bonds. The van der Waals surface area contributed by atoms with Gasteiger partial charge in [0, 0.05) is 12.2 Å². The first kappa shape index (κ1) is 19.7. The first-order valence-corrected chi connectivity index (χ1v) is 8.76. The number of carboxylic acid groups (broad SMARTS) is 1. The van der Waals surface area contributed by atoms with Crippen molar-refractivity contribution >= 4 is 11.9 Å². The van der Waals surface area contributed by atoms with Crippen LogP contribution in [0.2, 0.25) is 0 Å². The van der Waals surface area contributed by atoms with Crippen molar-refractivity contribution < 1.29 is 19.4 Å². The Morgan fingerprint density at radius 2 is 1.54 bits per heavy atom. The van der Waals surface area contributed by atoms with Crippen LogP contribution in [0, 0.1) is 5.92 Å². The first-order chi connectivity index (χ1) is 12.5. The number of hydrogen-bond donors (Lipinski definition) is 2. The van der Waals surface area contributed by atoms with Gasteiger partial charge in [0.25, 0.3) is 5.91 Å². The van der Waals surface area contributed by atoms with Crippen LogP contribution in [0.3, 0.4) is 0 Å². The second kappa shape index (κ2) is 9.15. The summed E-state index contributed by atoms with van der Waals surface area (Å²) in [6.07, 6.45) is 0. The SMILES string of the molecule is CCOCC(NC(=O)c1ccccc1-c1ccccc1C(=O)O)C(C)C. The van der Waals surface area contributed by atoms with Crippen LogP contribution in [-0.2, 0) is 4.74 Å². The smallest absolute Gasteiger partial charge is 0.336 e. The molecule has 2 rings (SSSR count). The van der Waals surface area contributed by atoms with Crippen LogP contribution in [-0.4, -0.2) is 36.2 Å². The van der Waals surface area contributed by atoms with Crippen molar-refractivity contribution in [2.75, 3.05) is 13.2 Å². The van der Waals surface area contributed by atoms with Gasteiger partial charge in [0.1, 0.15) is 0 Å².